The zero-order chi connectivity index (χ0) is 26.8. The van der Waals surface area contributed by atoms with Gasteiger partial charge in [-0.3, -0.25) is 0 Å². The molecule has 0 saturated carbocycles. The molecule has 0 radical (unpaired) electrons. The van der Waals surface area contributed by atoms with Crippen LogP contribution in [0.1, 0.15) is 12.8 Å². The van der Waals surface area contributed by atoms with Crippen LogP contribution in [-0.2, 0) is 14.2 Å². The van der Waals surface area contributed by atoms with Crippen molar-refractivity contribution in [2.45, 2.75) is 12.8 Å². The fourth-order valence-electron chi connectivity index (χ4n) is 4.18. The Hall–Kier alpha value is -3.64. The van der Waals surface area contributed by atoms with Crippen molar-refractivity contribution in [2.24, 2.45) is 0 Å². The van der Waals surface area contributed by atoms with Crippen molar-refractivity contribution in [1.82, 2.24) is 0 Å². The van der Waals surface area contributed by atoms with Crippen LogP contribution in [0.15, 0.2) is 109 Å². The first-order valence-corrected chi connectivity index (χ1v) is 13.9. The Morgan fingerprint density at radius 1 is 0.359 bits per heavy atom. The normalized spacial score (nSPS) is 10.9. The van der Waals surface area contributed by atoms with E-state index in [-0.39, 0.29) is 0 Å². The second-order valence-corrected chi connectivity index (χ2v) is 9.28. The maximum Gasteiger partial charge on any atom is 0.0701 e. The van der Waals surface area contributed by atoms with Crippen molar-refractivity contribution in [3.05, 3.63) is 109 Å². The number of benzene rings is 4. The minimum absolute atomic E-state index is 0.596. The molecule has 0 spiro atoms. The Labute approximate surface area is 233 Å². The topological polar surface area (TPSA) is 51.8 Å². The predicted molar refractivity (Wildman–Crippen MR) is 162 cm³/mol. The number of rotatable bonds is 18. The van der Waals surface area contributed by atoms with Crippen LogP contribution < -0.4 is 10.6 Å². The summed E-state index contributed by atoms with van der Waals surface area (Å²) < 4.78 is 16.9. The second-order valence-electron chi connectivity index (χ2n) is 9.28. The predicted octanol–water partition coefficient (Wildman–Crippen LogP) is 7.37. The fourth-order valence-corrected chi connectivity index (χ4v) is 4.18. The van der Waals surface area contributed by atoms with Crippen LogP contribution >= 0.6 is 0 Å². The van der Waals surface area contributed by atoms with Gasteiger partial charge in [-0.15, -0.1) is 0 Å². The third kappa shape index (κ3) is 10.6. The molecule has 4 rings (SSSR count). The van der Waals surface area contributed by atoms with E-state index >= 15 is 0 Å². The van der Waals surface area contributed by atoms with E-state index in [0.717, 1.165) is 50.5 Å². The lowest BCUT2D eigenvalue weighted by molar-refractivity contribution is 0.0145. The van der Waals surface area contributed by atoms with Gasteiger partial charge in [0.15, 0.2) is 0 Å². The lowest BCUT2D eigenvalue weighted by Crippen LogP contribution is -2.12. The van der Waals surface area contributed by atoms with Crippen LogP contribution in [-0.4, -0.2) is 52.7 Å². The molecule has 0 bridgehead atoms. The fraction of sp³-hybridized carbons (Fsp3) is 0.294. The monoisotopic (exact) mass is 524 g/mol. The first-order chi connectivity index (χ1) is 19.4. The summed E-state index contributed by atoms with van der Waals surface area (Å²) in [5.41, 5.74) is 7.19. The molecule has 0 saturated heterocycles. The summed E-state index contributed by atoms with van der Waals surface area (Å²) in [6.45, 7) is 5.61. The Balaban J connectivity index is 0.918. The van der Waals surface area contributed by atoms with Crippen molar-refractivity contribution in [1.29, 1.82) is 0 Å². The summed E-state index contributed by atoms with van der Waals surface area (Å²) in [6.07, 6.45) is 1.91. The standard InChI is InChI=1S/C34H40N2O3/c1-3-9-29(10-4-1)31-13-17-33(18-14-31)35-21-7-23-37-25-27-39-28-26-38-24-8-22-36-34-19-15-32(16-20-34)30-11-5-2-6-12-30/h1-6,9-20,35-36H,7-8,21-28H2. The SMILES string of the molecule is c1ccc(-c2ccc(NCCCOCCOCCOCCCNc3ccc(-c4ccccc4)cc3)cc2)cc1. The zero-order valence-electron chi connectivity index (χ0n) is 22.7. The second kappa shape index (κ2) is 17.0. The zero-order valence-corrected chi connectivity index (χ0v) is 22.7. The van der Waals surface area contributed by atoms with Crippen molar-refractivity contribution < 1.29 is 14.2 Å². The Morgan fingerprint density at radius 3 is 1.08 bits per heavy atom. The first-order valence-electron chi connectivity index (χ1n) is 13.9. The summed E-state index contributed by atoms with van der Waals surface area (Å²) in [4.78, 5) is 0. The van der Waals surface area contributed by atoms with E-state index in [0.29, 0.717) is 26.4 Å². The Bertz CT molecular complexity index is 1070. The van der Waals surface area contributed by atoms with Gasteiger partial charge in [0, 0.05) is 37.7 Å². The van der Waals surface area contributed by atoms with Gasteiger partial charge < -0.3 is 24.8 Å². The van der Waals surface area contributed by atoms with E-state index in [1.807, 2.05) is 12.1 Å². The highest BCUT2D eigenvalue weighted by molar-refractivity contribution is 5.66. The van der Waals surface area contributed by atoms with Crippen LogP contribution in [0.3, 0.4) is 0 Å². The van der Waals surface area contributed by atoms with Gasteiger partial charge in [-0.1, -0.05) is 84.9 Å². The molecule has 0 aromatic heterocycles. The summed E-state index contributed by atoms with van der Waals surface area (Å²) in [5.74, 6) is 0. The van der Waals surface area contributed by atoms with Crippen LogP contribution in [0, 0.1) is 0 Å². The summed E-state index contributed by atoms with van der Waals surface area (Å²) in [6, 6.07) is 38.0. The van der Waals surface area contributed by atoms with Crippen molar-refractivity contribution in [3.63, 3.8) is 0 Å². The molecule has 4 aromatic carbocycles. The molecule has 0 fully saturated rings. The number of anilines is 2. The highest BCUT2D eigenvalue weighted by Gasteiger charge is 1.99. The van der Waals surface area contributed by atoms with E-state index < -0.39 is 0 Å². The number of hydrogen-bond donors (Lipinski definition) is 2. The van der Waals surface area contributed by atoms with E-state index in [2.05, 4.69) is 108 Å². The lowest BCUT2D eigenvalue weighted by atomic mass is 10.1. The molecule has 0 aliphatic heterocycles. The molecule has 0 heterocycles. The quantitative estimate of drug-likeness (QED) is 0.133. The Kier molecular flexibility index (Phi) is 12.4. The van der Waals surface area contributed by atoms with Gasteiger partial charge in [0.25, 0.3) is 0 Å². The van der Waals surface area contributed by atoms with E-state index in [4.69, 9.17) is 14.2 Å². The minimum atomic E-state index is 0.596. The van der Waals surface area contributed by atoms with Gasteiger partial charge in [-0.05, 0) is 59.4 Å². The lowest BCUT2D eigenvalue weighted by Gasteiger charge is -2.09. The van der Waals surface area contributed by atoms with Crippen molar-refractivity contribution >= 4 is 11.4 Å². The van der Waals surface area contributed by atoms with Gasteiger partial charge in [0.1, 0.15) is 0 Å². The maximum atomic E-state index is 5.67. The molecule has 204 valence electrons. The third-order valence-electron chi connectivity index (χ3n) is 6.32. The number of hydrogen-bond acceptors (Lipinski definition) is 5. The van der Waals surface area contributed by atoms with Crippen LogP contribution in [0.25, 0.3) is 22.3 Å². The highest BCUT2D eigenvalue weighted by Crippen LogP contribution is 2.22. The van der Waals surface area contributed by atoms with Crippen LogP contribution in [0.4, 0.5) is 11.4 Å². The smallest absolute Gasteiger partial charge is 0.0701 e. The molecule has 0 atom stereocenters. The third-order valence-corrected chi connectivity index (χ3v) is 6.32. The van der Waals surface area contributed by atoms with Crippen molar-refractivity contribution in [3.8, 4) is 22.3 Å². The average Bonchev–Trinajstić information content (AvgIpc) is 3.00. The van der Waals surface area contributed by atoms with Crippen molar-refractivity contribution in [2.75, 3.05) is 63.4 Å². The van der Waals surface area contributed by atoms with Gasteiger partial charge >= 0.3 is 0 Å². The molecule has 0 unspecified atom stereocenters. The van der Waals surface area contributed by atoms with Gasteiger partial charge in [0.05, 0.1) is 26.4 Å². The van der Waals surface area contributed by atoms with E-state index in [9.17, 15) is 0 Å². The molecule has 5 nitrogen and oxygen atoms in total. The first kappa shape index (κ1) is 28.4. The number of nitrogens with one attached hydrogen (secondary N) is 2. The van der Waals surface area contributed by atoms with Gasteiger partial charge in [-0.2, -0.15) is 0 Å². The van der Waals surface area contributed by atoms with Gasteiger partial charge in [-0.25, -0.2) is 0 Å². The molecule has 0 amide bonds. The van der Waals surface area contributed by atoms with E-state index in [1.54, 1.807) is 0 Å². The largest absolute Gasteiger partial charge is 0.385 e. The molecular weight excluding hydrogens is 484 g/mol. The molecule has 2 N–H and O–H groups in total. The molecular formula is C34H40N2O3. The van der Waals surface area contributed by atoms with Gasteiger partial charge in [0.2, 0.25) is 0 Å². The minimum Gasteiger partial charge on any atom is -0.385 e. The maximum absolute atomic E-state index is 5.67. The molecule has 5 heteroatoms. The molecule has 0 aliphatic carbocycles. The summed E-state index contributed by atoms with van der Waals surface area (Å²) in [7, 11) is 0. The number of ether oxygens (including phenoxy) is 3. The Morgan fingerprint density at radius 2 is 0.692 bits per heavy atom. The molecule has 4 aromatic rings. The molecule has 0 aliphatic rings. The summed E-state index contributed by atoms with van der Waals surface area (Å²) in [5, 5.41) is 6.90. The molecule has 39 heavy (non-hydrogen) atoms. The van der Waals surface area contributed by atoms with E-state index in [1.165, 1.54) is 22.3 Å². The summed E-state index contributed by atoms with van der Waals surface area (Å²) >= 11 is 0. The van der Waals surface area contributed by atoms with Crippen LogP contribution in [0.5, 0.6) is 0 Å². The van der Waals surface area contributed by atoms with Crippen LogP contribution in [0.2, 0.25) is 0 Å². The average molecular weight is 525 g/mol. The highest BCUT2D eigenvalue weighted by atomic mass is 16.5.